The van der Waals surface area contributed by atoms with Crippen LogP contribution < -0.4 is 5.32 Å². The molecule has 5 heteroatoms. The third-order valence-electron chi connectivity index (χ3n) is 4.75. The van der Waals surface area contributed by atoms with Crippen LogP contribution in [0.25, 0.3) is 0 Å². The maximum absolute atomic E-state index is 14.0. The summed E-state index contributed by atoms with van der Waals surface area (Å²) in [6.07, 6.45) is 1.52. The Hall–Kier alpha value is -2.50. The smallest absolute Gasteiger partial charge is 0.150 e. The molecule has 1 heterocycles. The SMILES string of the molecule is O=Cc1ccc2c(c1)Sc1ccccc1C(NCc1c(F)cccc1F)C2. The van der Waals surface area contributed by atoms with E-state index in [1.807, 2.05) is 36.4 Å². The van der Waals surface area contributed by atoms with Crippen molar-refractivity contribution in [2.45, 2.75) is 28.8 Å². The minimum atomic E-state index is -0.546. The van der Waals surface area contributed by atoms with Crippen molar-refractivity contribution in [2.24, 2.45) is 0 Å². The van der Waals surface area contributed by atoms with Gasteiger partial charge in [-0.2, -0.15) is 0 Å². The van der Waals surface area contributed by atoms with E-state index in [4.69, 9.17) is 0 Å². The normalized spacial score (nSPS) is 15.6. The molecule has 4 rings (SSSR count). The van der Waals surface area contributed by atoms with Crippen molar-refractivity contribution in [2.75, 3.05) is 0 Å². The molecular formula is C22H17F2NOS. The number of rotatable bonds is 4. The van der Waals surface area contributed by atoms with Gasteiger partial charge in [-0.3, -0.25) is 4.79 Å². The average molecular weight is 381 g/mol. The number of carbonyl (C=O) groups is 1. The summed E-state index contributed by atoms with van der Waals surface area (Å²) in [6, 6.07) is 17.5. The van der Waals surface area contributed by atoms with Crippen molar-refractivity contribution in [3.63, 3.8) is 0 Å². The first kappa shape index (κ1) is 17.9. The van der Waals surface area contributed by atoms with Gasteiger partial charge < -0.3 is 5.32 Å². The molecule has 136 valence electrons. The number of aldehydes is 1. The summed E-state index contributed by atoms with van der Waals surface area (Å²) < 4.78 is 28.0. The van der Waals surface area contributed by atoms with Gasteiger partial charge in [0.15, 0.2) is 0 Å². The van der Waals surface area contributed by atoms with Crippen LogP contribution in [0.3, 0.4) is 0 Å². The van der Waals surface area contributed by atoms with Crippen molar-refractivity contribution in [1.82, 2.24) is 5.32 Å². The molecule has 0 bridgehead atoms. The number of benzene rings is 3. The van der Waals surface area contributed by atoms with Gasteiger partial charge in [-0.05, 0) is 41.8 Å². The first-order valence-corrected chi connectivity index (χ1v) is 9.48. The molecule has 0 spiro atoms. The first-order chi connectivity index (χ1) is 13.2. The van der Waals surface area contributed by atoms with Crippen molar-refractivity contribution in [3.05, 3.63) is 94.6 Å². The Morgan fingerprint density at radius 1 is 1.00 bits per heavy atom. The largest absolute Gasteiger partial charge is 0.305 e. The van der Waals surface area contributed by atoms with Crippen LogP contribution >= 0.6 is 11.8 Å². The lowest BCUT2D eigenvalue weighted by Crippen LogP contribution is -2.24. The van der Waals surface area contributed by atoms with Crippen LogP contribution in [0.4, 0.5) is 8.78 Å². The second-order valence-electron chi connectivity index (χ2n) is 6.46. The molecule has 0 fully saturated rings. The van der Waals surface area contributed by atoms with Crippen LogP contribution in [0.2, 0.25) is 0 Å². The fourth-order valence-electron chi connectivity index (χ4n) is 3.33. The van der Waals surface area contributed by atoms with Crippen LogP contribution in [0, 0.1) is 11.6 Å². The fraction of sp³-hybridized carbons (Fsp3) is 0.136. The molecule has 1 N–H and O–H groups in total. The van der Waals surface area contributed by atoms with Gasteiger partial charge in [0.25, 0.3) is 0 Å². The predicted molar refractivity (Wildman–Crippen MR) is 102 cm³/mol. The van der Waals surface area contributed by atoms with E-state index in [1.54, 1.807) is 17.8 Å². The Morgan fingerprint density at radius 3 is 2.56 bits per heavy atom. The molecule has 0 saturated carbocycles. The highest BCUT2D eigenvalue weighted by molar-refractivity contribution is 7.99. The minimum Gasteiger partial charge on any atom is -0.305 e. The van der Waals surface area contributed by atoms with Crippen LogP contribution in [0.5, 0.6) is 0 Å². The van der Waals surface area contributed by atoms with Crippen molar-refractivity contribution in [1.29, 1.82) is 0 Å². The standard InChI is InChI=1S/C22H17F2NOS/c23-18-5-3-6-19(24)17(18)12-25-20-11-15-9-8-14(13-26)10-22(15)27-21-7-2-1-4-16(20)21/h1-10,13,20,25H,11-12H2. The molecule has 2 nitrogen and oxygen atoms in total. The second kappa shape index (κ2) is 7.62. The maximum atomic E-state index is 14.0. The summed E-state index contributed by atoms with van der Waals surface area (Å²) in [5, 5.41) is 3.32. The predicted octanol–water partition coefficient (Wildman–Crippen LogP) is 5.32. The van der Waals surface area contributed by atoms with E-state index in [9.17, 15) is 13.6 Å². The lowest BCUT2D eigenvalue weighted by Gasteiger charge is -2.20. The zero-order valence-electron chi connectivity index (χ0n) is 14.4. The molecule has 3 aromatic carbocycles. The minimum absolute atomic E-state index is 0.0448. The van der Waals surface area contributed by atoms with E-state index in [1.165, 1.54) is 18.2 Å². The molecule has 1 aliphatic rings. The van der Waals surface area contributed by atoms with Gasteiger partial charge in [0.2, 0.25) is 0 Å². The zero-order valence-corrected chi connectivity index (χ0v) is 15.2. The highest BCUT2D eigenvalue weighted by Gasteiger charge is 2.23. The summed E-state index contributed by atoms with van der Waals surface area (Å²) in [6.45, 7) is 0.101. The molecule has 1 unspecified atom stereocenters. The summed E-state index contributed by atoms with van der Waals surface area (Å²) in [7, 11) is 0. The summed E-state index contributed by atoms with van der Waals surface area (Å²) >= 11 is 1.62. The zero-order chi connectivity index (χ0) is 18.8. The van der Waals surface area contributed by atoms with Gasteiger partial charge in [0.1, 0.15) is 17.9 Å². The number of carbonyl (C=O) groups excluding carboxylic acids is 1. The number of halogens is 2. The molecule has 0 aromatic heterocycles. The molecule has 3 aromatic rings. The van der Waals surface area contributed by atoms with E-state index < -0.39 is 11.6 Å². The molecule has 0 aliphatic carbocycles. The second-order valence-corrected chi connectivity index (χ2v) is 7.55. The van der Waals surface area contributed by atoms with Crippen LogP contribution in [0.15, 0.2) is 70.5 Å². The van der Waals surface area contributed by atoms with E-state index in [0.717, 1.165) is 27.2 Å². The molecule has 27 heavy (non-hydrogen) atoms. The lowest BCUT2D eigenvalue weighted by molar-refractivity contribution is 0.112. The summed E-state index contributed by atoms with van der Waals surface area (Å²) in [5.74, 6) is -1.09. The third kappa shape index (κ3) is 3.66. The quantitative estimate of drug-likeness (QED) is 0.621. The Kier molecular flexibility index (Phi) is 5.05. The first-order valence-electron chi connectivity index (χ1n) is 8.67. The van der Waals surface area contributed by atoms with Crippen LogP contribution in [0.1, 0.15) is 33.1 Å². The van der Waals surface area contributed by atoms with E-state index in [2.05, 4.69) is 5.32 Å². The van der Waals surface area contributed by atoms with Gasteiger partial charge in [-0.25, -0.2) is 8.78 Å². The number of hydrogen-bond donors (Lipinski definition) is 1. The Bertz CT molecular complexity index is 985. The van der Waals surface area contributed by atoms with Gasteiger partial charge in [-0.1, -0.05) is 48.2 Å². The summed E-state index contributed by atoms with van der Waals surface area (Å²) in [5.41, 5.74) is 2.87. The lowest BCUT2D eigenvalue weighted by atomic mass is 9.98. The average Bonchev–Trinajstić information content (AvgIpc) is 2.83. The fourth-order valence-corrected chi connectivity index (χ4v) is 4.52. The Morgan fingerprint density at radius 2 is 1.78 bits per heavy atom. The van der Waals surface area contributed by atoms with Crippen LogP contribution in [-0.2, 0) is 13.0 Å². The third-order valence-corrected chi connectivity index (χ3v) is 5.94. The number of nitrogens with one attached hydrogen (secondary N) is 1. The summed E-state index contributed by atoms with van der Waals surface area (Å²) in [4.78, 5) is 13.2. The van der Waals surface area contributed by atoms with E-state index in [-0.39, 0.29) is 18.2 Å². The Balaban J connectivity index is 1.68. The highest BCUT2D eigenvalue weighted by atomic mass is 32.2. The monoisotopic (exact) mass is 381 g/mol. The van der Waals surface area contributed by atoms with Crippen molar-refractivity contribution in [3.8, 4) is 0 Å². The van der Waals surface area contributed by atoms with E-state index >= 15 is 0 Å². The van der Waals surface area contributed by atoms with E-state index in [0.29, 0.717) is 12.0 Å². The molecule has 1 atom stereocenters. The molecule has 0 radical (unpaired) electrons. The molecule has 0 amide bonds. The van der Waals surface area contributed by atoms with Gasteiger partial charge in [0, 0.05) is 33.5 Å². The molecular weight excluding hydrogens is 364 g/mol. The molecule has 0 saturated heterocycles. The van der Waals surface area contributed by atoms with Crippen LogP contribution in [-0.4, -0.2) is 6.29 Å². The van der Waals surface area contributed by atoms with Gasteiger partial charge in [0.05, 0.1) is 0 Å². The van der Waals surface area contributed by atoms with Gasteiger partial charge in [-0.15, -0.1) is 0 Å². The van der Waals surface area contributed by atoms with Gasteiger partial charge >= 0.3 is 0 Å². The Labute approximate surface area is 160 Å². The van der Waals surface area contributed by atoms with Crippen molar-refractivity contribution < 1.29 is 13.6 Å². The number of hydrogen-bond acceptors (Lipinski definition) is 3. The highest BCUT2D eigenvalue weighted by Crippen LogP contribution is 2.41. The number of fused-ring (bicyclic) bond motifs is 2. The molecule has 1 aliphatic heterocycles. The topological polar surface area (TPSA) is 29.1 Å². The van der Waals surface area contributed by atoms with Crippen molar-refractivity contribution >= 4 is 18.0 Å². The maximum Gasteiger partial charge on any atom is 0.150 e.